The van der Waals surface area contributed by atoms with Crippen molar-refractivity contribution in [3.63, 3.8) is 0 Å². The molecule has 84 valence electrons. The van der Waals surface area contributed by atoms with Gasteiger partial charge in [0.2, 0.25) is 5.91 Å². The Morgan fingerprint density at radius 1 is 1.33 bits per heavy atom. The predicted molar refractivity (Wildman–Crippen MR) is 68.2 cm³/mol. The fourth-order valence-electron chi connectivity index (χ4n) is 1.11. The first-order valence-corrected chi connectivity index (χ1v) is 5.82. The molecule has 1 atom stereocenters. The van der Waals surface area contributed by atoms with Crippen LogP contribution in [0.2, 0.25) is 0 Å². The number of rotatable bonds is 3. The summed E-state index contributed by atoms with van der Waals surface area (Å²) in [5.41, 5.74) is 1.11. The van der Waals surface area contributed by atoms with E-state index in [0.29, 0.717) is 0 Å². The van der Waals surface area contributed by atoms with Gasteiger partial charge in [-0.1, -0.05) is 44.2 Å². The van der Waals surface area contributed by atoms with Crippen molar-refractivity contribution in [1.82, 2.24) is 5.32 Å². The fraction of sp³-hybridized carbons (Fsp3) is 0.417. The van der Waals surface area contributed by atoms with E-state index in [1.807, 2.05) is 51.1 Å². The quantitative estimate of drug-likeness (QED) is 0.761. The van der Waals surface area contributed by atoms with Crippen LogP contribution in [0.1, 0.15) is 32.4 Å². The maximum atomic E-state index is 11.0. The SMILES string of the molecule is CC.CC(NC(=O)CS)c1ccccc1. The maximum absolute atomic E-state index is 11.0. The maximum Gasteiger partial charge on any atom is 0.230 e. The number of hydrogen-bond acceptors (Lipinski definition) is 2. The molecule has 0 saturated carbocycles. The molecule has 0 aliphatic carbocycles. The summed E-state index contributed by atoms with van der Waals surface area (Å²) in [6.07, 6.45) is 0. The van der Waals surface area contributed by atoms with Gasteiger partial charge in [-0.05, 0) is 12.5 Å². The minimum Gasteiger partial charge on any atom is -0.349 e. The molecule has 1 unspecified atom stereocenters. The highest BCUT2D eigenvalue weighted by atomic mass is 32.1. The van der Waals surface area contributed by atoms with Crippen molar-refractivity contribution in [1.29, 1.82) is 0 Å². The van der Waals surface area contributed by atoms with Gasteiger partial charge in [-0.25, -0.2) is 0 Å². The van der Waals surface area contributed by atoms with Crippen LogP contribution in [-0.4, -0.2) is 11.7 Å². The second-order valence-corrected chi connectivity index (χ2v) is 3.17. The summed E-state index contributed by atoms with van der Waals surface area (Å²) in [6, 6.07) is 9.90. The van der Waals surface area contributed by atoms with Gasteiger partial charge in [-0.15, -0.1) is 0 Å². The first kappa shape index (κ1) is 14.0. The summed E-state index contributed by atoms with van der Waals surface area (Å²) in [7, 11) is 0. The Labute approximate surface area is 97.5 Å². The number of carbonyl (C=O) groups excluding carboxylic acids is 1. The van der Waals surface area contributed by atoms with E-state index in [4.69, 9.17) is 0 Å². The Morgan fingerprint density at radius 3 is 2.33 bits per heavy atom. The van der Waals surface area contributed by atoms with Gasteiger partial charge in [0.25, 0.3) is 0 Å². The van der Waals surface area contributed by atoms with Crippen LogP contribution in [0.25, 0.3) is 0 Å². The molecule has 2 nitrogen and oxygen atoms in total. The molecule has 0 spiro atoms. The number of benzene rings is 1. The molecule has 0 heterocycles. The Balaban J connectivity index is 0.000000921. The third kappa shape index (κ3) is 5.47. The first-order chi connectivity index (χ1) is 7.24. The average molecular weight is 225 g/mol. The summed E-state index contributed by atoms with van der Waals surface area (Å²) in [5, 5.41) is 2.83. The topological polar surface area (TPSA) is 29.1 Å². The van der Waals surface area contributed by atoms with E-state index in [2.05, 4.69) is 17.9 Å². The lowest BCUT2D eigenvalue weighted by Crippen LogP contribution is -2.27. The fourth-order valence-corrected chi connectivity index (χ4v) is 1.20. The van der Waals surface area contributed by atoms with Gasteiger partial charge in [0.15, 0.2) is 0 Å². The van der Waals surface area contributed by atoms with Gasteiger partial charge in [0.05, 0.1) is 11.8 Å². The molecule has 0 aromatic heterocycles. The molecular weight excluding hydrogens is 206 g/mol. The molecule has 1 aromatic carbocycles. The van der Waals surface area contributed by atoms with Crippen LogP contribution < -0.4 is 5.32 Å². The largest absolute Gasteiger partial charge is 0.349 e. The second kappa shape index (κ2) is 8.36. The van der Waals surface area contributed by atoms with Gasteiger partial charge in [-0.2, -0.15) is 12.6 Å². The molecule has 0 aliphatic heterocycles. The van der Waals surface area contributed by atoms with E-state index in [0.717, 1.165) is 5.56 Å². The smallest absolute Gasteiger partial charge is 0.230 e. The molecule has 0 saturated heterocycles. The molecule has 0 fully saturated rings. The zero-order chi connectivity index (χ0) is 11.7. The van der Waals surface area contributed by atoms with Gasteiger partial charge < -0.3 is 5.32 Å². The van der Waals surface area contributed by atoms with Crippen molar-refractivity contribution in [3.05, 3.63) is 35.9 Å². The highest BCUT2D eigenvalue weighted by Crippen LogP contribution is 2.10. The molecule has 1 aromatic rings. The van der Waals surface area contributed by atoms with Gasteiger partial charge >= 0.3 is 0 Å². The van der Waals surface area contributed by atoms with E-state index in [-0.39, 0.29) is 17.7 Å². The van der Waals surface area contributed by atoms with Crippen LogP contribution in [0, 0.1) is 0 Å². The van der Waals surface area contributed by atoms with Crippen molar-refractivity contribution >= 4 is 18.5 Å². The molecule has 0 radical (unpaired) electrons. The third-order valence-electron chi connectivity index (χ3n) is 1.82. The molecule has 0 bridgehead atoms. The Bertz CT molecular complexity index is 274. The van der Waals surface area contributed by atoms with Crippen LogP contribution in [0.15, 0.2) is 30.3 Å². The predicted octanol–water partition coefficient (Wildman–Crippen LogP) is 2.82. The van der Waals surface area contributed by atoms with Crippen molar-refractivity contribution in [3.8, 4) is 0 Å². The van der Waals surface area contributed by atoms with E-state index in [1.54, 1.807) is 0 Å². The first-order valence-electron chi connectivity index (χ1n) is 5.19. The molecule has 3 heteroatoms. The summed E-state index contributed by atoms with van der Waals surface area (Å²) >= 11 is 3.89. The normalized spacial score (nSPS) is 10.9. The number of carbonyl (C=O) groups is 1. The van der Waals surface area contributed by atoms with Crippen LogP contribution in [-0.2, 0) is 4.79 Å². The van der Waals surface area contributed by atoms with Crippen molar-refractivity contribution in [2.45, 2.75) is 26.8 Å². The van der Waals surface area contributed by atoms with Crippen molar-refractivity contribution in [2.75, 3.05) is 5.75 Å². The van der Waals surface area contributed by atoms with Gasteiger partial charge in [0, 0.05) is 0 Å². The summed E-state index contributed by atoms with van der Waals surface area (Å²) in [4.78, 5) is 11.0. The number of nitrogens with one attached hydrogen (secondary N) is 1. The standard InChI is InChI=1S/C10H13NOS.C2H6/c1-8(11-10(12)7-13)9-5-3-2-4-6-9;1-2/h2-6,8,13H,7H2,1H3,(H,11,12);1-2H3. The number of amides is 1. The summed E-state index contributed by atoms with van der Waals surface area (Å²) in [5.74, 6) is 0.191. The summed E-state index contributed by atoms with van der Waals surface area (Å²) in [6.45, 7) is 5.96. The van der Waals surface area contributed by atoms with E-state index in [9.17, 15) is 4.79 Å². The molecule has 1 rings (SSSR count). The minimum atomic E-state index is -0.0420. The average Bonchev–Trinajstić information content (AvgIpc) is 2.32. The second-order valence-electron chi connectivity index (χ2n) is 2.86. The molecule has 0 aliphatic rings. The lowest BCUT2D eigenvalue weighted by molar-refractivity contribution is -0.119. The van der Waals surface area contributed by atoms with Gasteiger partial charge in [-0.3, -0.25) is 4.79 Å². The van der Waals surface area contributed by atoms with Crippen molar-refractivity contribution < 1.29 is 4.79 Å². The Hall–Kier alpha value is -0.960. The molecule has 1 amide bonds. The van der Waals surface area contributed by atoms with E-state index < -0.39 is 0 Å². The lowest BCUT2D eigenvalue weighted by Gasteiger charge is -2.12. The van der Waals surface area contributed by atoms with Crippen LogP contribution >= 0.6 is 12.6 Å². The zero-order valence-electron chi connectivity index (χ0n) is 9.53. The van der Waals surface area contributed by atoms with E-state index in [1.165, 1.54) is 0 Å². The highest BCUT2D eigenvalue weighted by Gasteiger charge is 2.06. The third-order valence-corrected chi connectivity index (χ3v) is 2.11. The molecule has 1 N–H and O–H groups in total. The molecular formula is C12H19NOS. The number of thiol groups is 1. The zero-order valence-corrected chi connectivity index (χ0v) is 10.4. The monoisotopic (exact) mass is 225 g/mol. The minimum absolute atomic E-state index is 0.0420. The van der Waals surface area contributed by atoms with Crippen LogP contribution in [0.4, 0.5) is 0 Å². The van der Waals surface area contributed by atoms with Gasteiger partial charge in [0.1, 0.15) is 0 Å². The Morgan fingerprint density at radius 2 is 1.87 bits per heavy atom. The van der Waals surface area contributed by atoms with E-state index >= 15 is 0 Å². The van der Waals surface area contributed by atoms with Crippen LogP contribution in [0.5, 0.6) is 0 Å². The molecule has 15 heavy (non-hydrogen) atoms. The number of hydrogen-bond donors (Lipinski definition) is 2. The van der Waals surface area contributed by atoms with Crippen molar-refractivity contribution in [2.24, 2.45) is 0 Å². The Kier molecular flexibility index (Phi) is 7.82. The summed E-state index contributed by atoms with van der Waals surface area (Å²) < 4.78 is 0. The lowest BCUT2D eigenvalue weighted by atomic mass is 10.1. The van der Waals surface area contributed by atoms with Crippen LogP contribution in [0.3, 0.4) is 0 Å². The highest BCUT2D eigenvalue weighted by molar-refractivity contribution is 7.81.